The van der Waals surface area contributed by atoms with Gasteiger partial charge in [-0.05, 0) is 35.0 Å². The molecule has 0 aliphatic carbocycles. The first-order valence-corrected chi connectivity index (χ1v) is 10.6. The van der Waals surface area contributed by atoms with Crippen molar-refractivity contribution >= 4 is 34.8 Å². The molecule has 0 bridgehead atoms. The molecule has 3 N–H and O–H groups in total. The number of methoxy groups -OCH3 is 1. The van der Waals surface area contributed by atoms with Gasteiger partial charge in [0, 0.05) is 12.6 Å². The number of carbonyl (C=O) groups excluding carboxylic acids is 2. The highest BCUT2D eigenvalue weighted by atomic mass is 32.2. The van der Waals surface area contributed by atoms with Crippen LogP contribution in [0, 0.1) is 0 Å². The maximum absolute atomic E-state index is 12.8. The summed E-state index contributed by atoms with van der Waals surface area (Å²) >= 11 is 1.25. The van der Waals surface area contributed by atoms with Crippen molar-refractivity contribution in [2.45, 2.75) is 6.54 Å². The van der Waals surface area contributed by atoms with Crippen LogP contribution in [0.15, 0.2) is 66.9 Å². The molecule has 7 nitrogen and oxygen atoms in total. The lowest BCUT2D eigenvalue weighted by molar-refractivity contribution is -0.381. The molecule has 0 fully saturated rings. The zero-order valence-corrected chi connectivity index (χ0v) is 17.9. The van der Waals surface area contributed by atoms with Crippen molar-refractivity contribution in [1.29, 1.82) is 0 Å². The number of phenols is 1. The van der Waals surface area contributed by atoms with Crippen molar-refractivity contribution in [3.05, 3.63) is 78.0 Å². The summed E-state index contributed by atoms with van der Waals surface area (Å²) in [7, 11) is 1.46. The number of aromatic hydroxyl groups is 1. The van der Waals surface area contributed by atoms with E-state index in [1.165, 1.54) is 29.8 Å². The molecule has 8 heteroatoms. The Kier molecular flexibility index (Phi) is 7.50. The number of amides is 2. The van der Waals surface area contributed by atoms with Crippen molar-refractivity contribution in [3.8, 4) is 11.5 Å². The Labute approximate surface area is 185 Å². The minimum Gasteiger partial charge on any atom is -0.504 e. The second kappa shape index (κ2) is 10.5. The fourth-order valence-corrected chi connectivity index (χ4v) is 3.78. The van der Waals surface area contributed by atoms with Crippen molar-refractivity contribution in [1.82, 2.24) is 10.2 Å². The third kappa shape index (κ3) is 5.76. The van der Waals surface area contributed by atoms with Gasteiger partial charge in [-0.3, -0.25) is 4.79 Å². The molecule has 2 amide bonds. The number of carbonyl (C=O) groups is 2. The molecule has 0 atom stereocenters. The number of ether oxygens (including phenoxy) is 1. The molecule has 0 saturated carbocycles. The average Bonchev–Trinajstić information content (AvgIpc) is 3.07. The molecule has 1 aliphatic rings. The molecule has 0 unspecified atom stereocenters. The van der Waals surface area contributed by atoms with Gasteiger partial charge in [0.25, 0.3) is 0 Å². The first kappa shape index (κ1) is 22.2. The van der Waals surface area contributed by atoms with Gasteiger partial charge >= 0.3 is 11.1 Å². The van der Waals surface area contributed by atoms with Crippen LogP contribution in [-0.2, 0) is 16.1 Å². The number of amidine groups is 1. The lowest BCUT2D eigenvalue weighted by Crippen LogP contribution is -2.68. The Morgan fingerprint density at radius 1 is 1.29 bits per heavy atom. The maximum Gasteiger partial charge on any atom is 0.381 e. The van der Waals surface area contributed by atoms with Gasteiger partial charge in [0.05, 0.1) is 12.9 Å². The third-order valence-corrected chi connectivity index (χ3v) is 5.46. The summed E-state index contributed by atoms with van der Waals surface area (Å²) in [5.74, 6) is 0.148. The highest BCUT2D eigenvalue weighted by Gasteiger charge is 2.38. The molecule has 0 radical (unpaired) electrons. The van der Waals surface area contributed by atoms with Crippen LogP contribution in [-0.4, -0.2) is 46.4 Å². The van der Waals surface area contributed by atoms with Crippen LogP contribution >= 0.6 is 11.8 Å². The van der Waals surface area contributed by atoms with E-state index in [2.05, 4.69) is 16.9 Å². The number of hydrogen-bond acceptors (Lipinski definition) is 5. The quantitative estimate of drug-likeness (QED) is 0.426. The summed E-state index contributed by atoms with van der Waals surface area (Å²) in [6.45, 7) is 4.47. The first-order chi connectivity index (χ1) is 15.0. The zero-order valence-electron chi connectivity index (χ0n) is 17.1. The molecule has 1 heterocycles. The number of benzene rings is 2. The van der Waals surface area contributed by atoms with E-state index >= 15 is 0 Å². The molecular formula is C23H24N3O4S+. The van der Waals surface area contributed by atoms with Crippen LogP contribution in [0.1, 0.15) is 11.1 Å². The molecule has 1 aliphatic heterocycles. The predicted molar refractivity (Wildman–Crippen MR) is 121 cm³/mol. The maximum atomic E-state index is 12.8. The smallest absolute Gasteiger partial charge is 0.381 e. The molecule has 2 aromatic carbocycles. The van der Waals surface area contributed by atoms with E-state index in [1.807, 2.05) is 30.3 Å². The van der Waals surface area contributed by atoms with Crippen LogP contribution in [0.25, 0.3) is 6.08 Å². The number of rotatable bonds is 8. The third-order valence-electron chi connectivity index (χ3n) is 4.46. The second-order valence-corrected chi connectivity index (χ2v) is 7.64. The van der Waals surface area contributed by atoms with E-state index in [-0.39, 0.29) is 23.3 Å². The van der Waals surface area contributed by atoms with Crippen molar-refractivity contribution in [2.24, 2.45) is 0 Å². The molecule has 0 spiro atoms. The summed E-state index contributed by atoms with van der Waals surface area (Å²) in [6.07, 6.45) is 3.30. The van der Waals surface area contributed by atoms with Crippen LogP contribution in [0.3, 0.4) is 0 Å². The Morgan fingerprint density at radius 3 is 2.77 bits per heavy atom. The molecular weight excluding hydrogens is 414 g/mol. The Hall–Kier alpha value is -3.52. The van der Waals surface area contributed by atoms with E-state index < -0.39 is 0 Å². The highest BCUT2D eigenvalue weighted by molar-refractivity contribution is 8.14. The Morgan fingerprint density at radius 2 is 2.06 bits per heavy atom. The van der Waals surface area contributed by atoms with Gasteiger partial charge in [0.2, 0.25) is 11.6 Å². The fraction of sp³-hybridized carbons (Fsp3) is 0.174. The summed E-state index contributed by atoms with van der Waals surface area (Å²) < 4.78 is 5.12. The predicted octanol–water partition coefficient (Wildman–Crippen LogP) is 1.26. The van der Waals surface area contributed by atoms with Gasteiger partial charge in [-0.25, -0.2) is 9.79 Å². The standard InChI is InChI=1S/C23H23N3O4S/c1-3-11-26-22(29)18(12-17-9-10-19(27)20(13-17)30-2)25-23(26)31-15-21(28)24-14-16-7-5-4-6-8-16/h3-10,12-13,27H,1,11,14-15H2,2H3,(H,24,28)/p+1/b18-12-. The SMILES string of the molecule is C=CCN1C(=O)/C(=C/c2ccc(O)c(OC)c2)[NH+]=C1SCC(=O)NCc1ccccc1. The lowest BCUT2D eigenvalue weighted by atomic mass is 10.1. The van der Waals surface area contributed by atoms with Gasteiger partial charge in [-0.15, -0.1) is 0 Å². The van der Waals surface area contributed by atoms with Gasteiger partial charge in [-0.2, -0.15) is 4.90 Å². The number of phenolic OH excluding ortho intramolecular Hbond substituents is 1. The summed E-state index contributed by atoms with van der Waals surface area (Å²) in [5.41, 5.74) is 2.07. The van der Waals surface area contributed by atoms with E-state index in [4.69, 9.17) is 4.74 Å². The average molecular weight is 439 g/mol. The van der Waals surface area contributed by atoms with Crippen LogP contribution < -0.4 is 15.0 Å². The lowest BCUT2D eigenvalue weighted by Gasteiger charge is -2.08. The minimum atomic E-state index is -0.223. The van der Waals surface area contributed by atoms with E-state index in [0.29, 0.717) is 35.3 Å². The fourth-order valence-electron chi connectivity index (χ4n) is 2.91. The van der Waals surface area contributed by atoms with Gasteiger partial charge < -0.3 is 15.2 Å². The van der Waals surface area contributed by atoms with Gasteiger partial charge in [0.1, 0.15) is 6.54 Å². The van der Waals surface area contributed by atoms with E-state index in [0.717, 1.165) is 5.56 Å². The van der Waals surface area contributed by atoms with E-state index in [9.17, 15) is 14.7 Å². The highest BCUT2D eigenvalue weighted by Crippen LogP contribution is 2.27. The second-order valence-electron chi connectivity index (χ2n) is 6.67. The normalized spacial score (nSPS) is 14.5. The Balaban J connectivity index is 1.69. The van der Waals surface area contributed by atoms with E-state index in [1.54, 1.807) is 24.3 Å². The van der Waals surface area contributed by atoms with Crippen LogP contribution in [0.4, 0.5) is 0 Å². The summed E-state index contributed by atoms with van der Waals surface area (Å²) in [5, 5.41) is 13.2. The minimum absolute atomic E-state index is 0.0213. The number of nitrogens with one attached hydrogen (secondary N) is 2. The molecule has 0 aromatic heterocycles. The summed E-state index contributed by atoms with van der Waals surface area (Å²) in [4.78, 5) is 29.7. The van der Waals surface area contributed by atoms with Crippen LogP contribution in [0.2, 0.25) is 0 Å². The number of hydrogen-bond donors (Lipinski definition) is 3. The number of thioether (sulfide) groups is 1. The van der Waals surface area contributed by atoms with Crippen molar-refractivity contribution in [3.63, 3.8) is 0 Å². The molecule has 2 aromatic rings. The zero-order chi connectivity index (χ0) is 22.2. The monoisotopic (exact) mass is 438 g/mol. The molecule has 160 valence electrons. The van der Waals surface area contributed by atoms with Gasteiger partial charge in [-0.1, -0.05) is 49.1 Å². The van der Waals surface area contributed by atoms with Gasteiger partial charge in [0.15, 0.2) is 11.5 Å². The first-order valence-electron chi connectivity index (χ1n) is 9.60. The molecule has 3 rings (SSSR count). The van der Waals surface area contributed by atoms with Crippen LogP contribution in [0.5, 0.6) is 11.5 Å². The van der Waals surface area contributed by atoms with Crippen molar-refractivity contribution < 1.29 is 24.4 Å². The van der Waals surface area contributed by atoms with Crippen molar-refractivity contribution in [2.75, 3.05) is 19.4 Å². The number of nitrogens with zero attached hydrogens (tertiary/aromatic N) is 1. The largest absolute Gasteiger partial charge is 0.504 e. The Bertz CT molecular complexity index is 1030. The topological polar surface area (TPSA) is 92.8 Å². The molecule has 31 heavy (non-hydrogen) atoms. The summed E-state index contributed by atoms with van der Waals surface area (Å²) in [6, 6.07) is 14.5. The molecule has 0 saturated heterocycles.